The molecule has 0 saturated carbocycles. The molecule has 1 aliphatic rings. The Morgan fingerprint density at radius 1 is 1.14 bits per heavy atom. The predicted molar refractivity (Wildman–Crippen MR) is 61.8 cm³/mol. The molecule has 1 aromatic carbocycles. The standard InChI is InChI=1S/C12H18N2/c1-2-5-10-8-13-11-6-3-4-7-12(11)14-9-10/h3-4,6-7,10,13-14H,2,5,8-9H2,1H3. The summed E-state index contributed by atoms with van der Waals surface area (Å²) in [6.07, 6.45) is 2.57. The monoisotopic (exact) mass is 190 g/mol. The molecule has 0 unspecified atom stereocenters. The minimum Gasteiger partial charge on any atom is -0.383 e. The summed E-state index contributed by atoms with van der Waals surface area (Å²) in [5.74, 6) is 0.757. The maximum absolute atomic E-state index is 3.50. The van der Waals surface area contributed by atoms with E-state index in [9.17, 15) is 0 Å². The number of hydrogen-bond acceptors (Lipinski definition) is 2. The Bertz CT molecular complexity index is 269. The first-order valence-corrected chi connectivity index (χ1v) is 5.47. The van der Waals surface area contributed by atoms with Gasteiger partial charge in [-0.25, -0.2) is 0 Å². The molecule has 0 atom stereocenters. The molecule has 2 nitrogen and oxygen atoms in total. The van der Waals surface area contributed by atoms with E-state index in [1.807, 2.05) is 0 Å². The van der Waals surface area contributed by atoms with Crippen molar-refractivity contribution in [1.82, 2.24) is 0 Å². The van der Waals surface area contributed by atoms with E-state index in [1.165, 1.54) is 24.2 Å². The highest BCUT2D eigenvalue weighted by Crippen LogP contribution is 2.25. The van der Waals surface area contributed by atoms with Gasteiger partial charge in [-0.1, -0.05) is 25.5 Å². The van der Waals surface area contributed by atoms with Gasteiger partial charge < -0.3 is 10.6 Å². The number of para-hydroxylation sites is 2. The van der Waals surface area contributed by atoms with Gasteiger partial charge in [0.2, 0.25) is 0 Å². The fourth-order valence-electron chi connectivity index (χ4n) is 1.98. The molecular formula is C12H18N2. The third-order valence-corrected chi connectivity index (χ3v) is 2.79. The number of rotatable bonds is 2. The third kappa shape index (κ3) is 2.00. The summed E-state index contributed by atoms with van der Waals surface area (Å²) in [5.41, 5.74) is 2.48. The van der Waals surface area contributed by atoms with Gasteiger partial charge in [-0.3, -0.25) is 0 Å². The Balaban J connectivity index is 2.06. The largest absolute Gasteiger partial charge is 0.383 e. The van der Waals surface area contributed by atoms with Gasteiger partial charge in [0.25, 0.3) is 0 Å². The van der Waals surface area contributed by atoms with Crippen LogP contribution < -0.4 is 10.6 Å². The van der Waals surface area contributed by atoms with Crippen LogP contribution in [0.25, 0.3) is 0 Å². The highest BCUT2D eigenvalue weighted by molar-refractivity contribution is 5.69. The van der Waals surface area contributed by atoms with Crippen molar-refractivity contribution in [3.8, 4) is 0 Å². The Morgan fingerprint density at radius 2 is 1.71 bits per heavy atom. The van der Waals surface area contributed by atoms with E-state index in [-0.39, 0.29) is 0 Å². The molecule has 1 aliphatic heterocycles. The van der Waals surface area contributed by atoms with Crippen LogP contribution in [0.3, 0.4) is 0 Å². The molecule has 14 heavy (non-hydrogen) atoms. The zero-order valence-electron chi connectivity index (χ0n) is 8.72. The fourth-order valence-corrected chi connectivity index (χ4v) is 1.98. The first kappa shape index (κ1) is 9.38. The summed E-state index contributed by atoms with van der Waals surface area (Å²) in [6.45, 7) is 4.44. The van der Waals surface area contributed by atoms with Gasteiger partial charge in [-0.05, 0) is 24.5 Å². The summed E-state index contributed by atoms with van der Waals surface area (Å²) in [5, 5.41) is 7.00. The molecule has 2 rings (SSSR count). The lowest BCUT2D eigenvalue weighted by molar-refractivity contribution is 0.531. The minimum atomic E-state index is 0.757. The molecule has 0 radical (unpaired) electrons. The molecule has 0 spiro atoms. The van der Waals surface area contributed by atoms with Crippen LogP contribution in [0.2, 0.25) is 0 Å². The maximum Gasteiger partial charge on any atom is 0.0576 e. The summed E-state index contributed by atoms with van der Waals surface area (Å²) >= 11 is 0. The quantitative estimate of drug-likeness (QED) is 0.749. The van der Waals surface area contributed by atoms with E-state index in [4.69, 9.17) is 0 Å². The van der Waals surface area contributed by atoms with Crippen molar-refractivity contribution < 1.29 is 0 Å². The van der Waals surface area contributed by atoms with Gasteiger partial charge in [0, 0.05) is 13.1 Å². The Morgan fingerprint density at radius 3 is 2.21 bits per heavy atom. The molecule has 1 aromatic rings. The van der Waals surface area contributed by atoms with Crippen molar-refractivity contribution in [1.29, 1.82) is 0 Å². The molecule has 2 heteroatoms. The van der Waals surface area contributed by atoms with Gasteiger partial charge in [0.05, 0.1) is 11.4 Å². The molecule has 0 saturated heterocycles. The third-order valence-electron chi connectivity index (χ3n) is 2.79. The van der Waals surface area contributed by atoms with Crippen LogP contribution in [0.15, 0.2) is 24.3 Å². The Hall–Kier alpha value is -1.18. The van der Waals surface area contributed by atoms with Crippen LogP contribution in [0.1, 0.15) is 19.8 Å². The summed E-state index contributed by atoms with van der Waals surface area (Å²) in [6, 6.07) is 8.43. The fraction of sp³-hybridized carbons (Fsp3) is 0.500. The number of anilines is 2. The van der Waals surface area contributed by atoms with E-state index in [1.54, 1.807) is 0 Å². The average Bonchev–Trinajstić information content (AvgIpc) is 2.42. The van der Waals surface area contributed by atoms with Gasteiger partial charge in [0.1, 0.15) is 0 Å². The van der Waals surface area contributed by atoms with E-state index >= 15 is 0 Å². The summed E-state index contributed by atoms with van der Waals surface area (Å²) in [7, 11) is 0. The first-order valence-electron chi connectivity index (χ1n) is 5.47. The van der Waals surface area contributed by atoms with Crippen LogP contribution in [-0.2, 0) is 0 Å². The van der Waals surface area contributed by atoms with Gasteiger partial charge in [0.15, 0.2) is 0 Å². The highest BCUT2D eigenvalue weighted by atomic mass is 15.0. The van der Waals surface area contributed by atoms with Crippen molar-refractivity contribution in [3.05, 3.63) is 24.3 Å². The molecule has 0 amide bonds. The zero-order valence-corrected chi connectivity index (χ0v) is 8.72. The molecule has 0 aromatic heterocycles. The number of benzene rings is 1. The number of fused-ring (bicyclic) bond motifs is 1. The number of hydrogen-bond donors (Lipinski definition) is 2. The van der Waals surface area contributed by atoms with Gasteiger partial charge in [-0.2, -0.15) is 0 Å². The second kappa shape index (κ2) is 4.36. The van der Waals surface area contributed by atoms with Crippen LogP contribution in [0, 0.1) is 5.92 Å². The minimum absolute atomic E-state index is 0.757. The molecule has 0 aliphatic carbocycles. The van der Waals surface area contributed by atoms with E-state index in [0.29, 0.717) is 0 Å². The molecule has 0 fully saturated rings. The van der Waals surface area contributed by atoms with E-state index < -0.39 is 0 Å². The lowest BCUT2D eigenvalue weighted by Crippen LogP contribution is -2.18. The SMILES string of the molecule is CCCC1CNc2ccccc2NC1. The second-order valence-electron chi connectivity index (χ2n) is 3.96. The molecule has 1 heterocycles. The number of nitrogens with one attached hydrogen (secondary N) is 2. The van der Waals surface area contributed by atoms with Crippen molar-refractivity contribution in [2.24, 2.45) is 5.92 Å². The van der Waals surface area contributed by atoms with Crippen LogP contribution in [-0.4, -0.2) is 13.1 Å². The second-order valence-corrected chi connectivity index (χ2v) is 3.96. The van der Waals surface area contributed by atoms with E-state index in [0.717, 1.165) is 19.0 Å². The highest BCUT2D eigenvalue weighted by Gasteiger charge is 2.13. The molecular weight excluding hydrogens is 172 g/mol. The van der Waals surface area contributed by atoms with Crippen molar-refractivity contribution >= 4 is 11.4 Å². The lowest BCUT2D eigenvalue weighted by Gasteiger charge is -2.12. The van der Waals surface area contributed by atoms with Crippen LogP contribution in [0.5, 0.6) is 0 Å². The van der Waals surface area contributed by atoms with Crippen molar-refractivity contribution in [3.63, 3.8) is 0 Å². The molecule has 0 bridgehead atoms. The molecule has 76 valence electrons. The Labute approximate surface area is 85.7 Å². The zero-order chi connectivity index (χ0) is 9.80. The van der Waals surface area contributed by atoms with Gasteiger partial charge >= 0.3 is 0 Å². The van der Waals surface area contributed by atoms with Crippen LogP contribution >= 0.6 is 0 Å². The van der Waals surface area contributed by atoms with Crippen molar-refractivity contribution in [2.75, 3.05) is 23.7 Å². The van der Waals surface area contributed by atoms with Crippen molar-refractivity contribution in [2.45, 2.75) is 19.8 Å². The molecule has 2 N–H and O–H groups in total. The lowest BCUT2D eigenvalue weighted by atomic mass is 10.0. The van der Waals surface area contributed by atoms with Crippen LogP contribution in [0.4, 0.5) is 11.4 Å². The van der Waals surface area contributed by atoms with Gasteiger partial charge in [-0.15, -0.1) is 0 Å². The maximum atomic E-state index is 3.50. The topological polar surface area (TPSA) is 24.1 Å². The van der Waals surface area contributed by atoms with E-state index in [2.05, 4.69) is 41.8 Å². The first-order chi connectivity index (χ1) is 6.90. The summed E-state index contributed by atoms with van der Waals surface area (Å²) in [4.78, 5) is 0. The predicted octanol–water partition coefficient (Wildman–Crippen LogP) is 2.94. The summed E-state index contributed by atoms with van der Waals surface area (Å²) < 4.78 is 0. The Kier molecular flexibility index (Phi) is 2.92. The normalized spacial score (nSPS) is 16.4. The average molecular weight is 190 g/mol. The smallest absolute Gasteiger partial charge is 0.0576 e.